The van der Waals surface area contributed by atoms with Gasteiger partial charge in [0.25, 0.3) is 0 Å². The van der Waals surface area contributed by atoms with E-state index in [9.17, 15) is 5.11 Å². The van der Waals surface area contributed by atoms with Crippen LogP contribution in [0.25, 0.3) is 0 Å². The summed E-state index contributed by atoms with van der Waals surface area (Å²) in [5.41, 5.74) is 6.61. The molecule has 0 aromatic heterocycles. The number of para-hydroxylation sites is 1. The first-order valence-corrected chi connectivity index (χ1v) is 5.97. The lowest BCUT2D eigenvalue weighted by atomic mass is 10.0. The number of rotatable bonds is 5. The molecule has 0 aliphatic rings. The van der Waals surface area contributed by atoms with Gasteiger partial charge in [0.05, 0.1) is 6.61 Å². The van der Waals surface area contributed by atoms with Gasteiger partial charge in [0.2, 0.25) is 0 Å². The van der Waals surface area contributed by atoms with Gasteiger partial charge >= 0.3 is 0 Å². The molecule has 0 radical (unpaired) electrons. The minimum absolute atomic E-state index is 0.00391. The fraction of sp³-hybridized carbons (Fsp3) is 0.200. The van der Waals surface area contributed by atoms with Gasteiger partial charge < -0.3 is 15.6 Å². The van der Waals surface area contributed by atoms with Gasteiger partial charge in [0.1, 0.15) is 11.5 Å². The van der Waals surface area contributed by atoms with Gasteiger partial charge in [0, 0.05) is 12.5 Å². The molecule has 3 heteroatoms. The van der Waals surface area contributed by atoms with E-state index in [-0.39, 0.29) is 12.5 Å². The van der Waals surface area contributed by atoms with Crippen molar-refractivity contribution in [1.29, 1.82) is 0 Å². The van der Waals surface area contributed by atoms with E-state index in [2.05, 4.69) is 0 Å². The molecule has 3 nitrogen and oxygen atoms in total. The van der Waals surface area contributed by atoms with Gasteiger partial charge in [-0.05, 0) is 29.8 Å². The molecule has 0 saturated carbocycles. The van der Waals surface area contributed by atoms with Crippen LogP contribution in [0.3, 0.4) is 0 Å². The molecule has 0 aliphatic carbocycles. The largest absolute Gasteiger partial charge is 0.457 e. The molecule has 1 atom stereocenters. The fourth-order valence-electron chi connectivity index (χ4n) is 1.75. The predicted molar refractivity (Wildman–Crippen MR) is 71.8 cm³/mol. The lowest BCUT2D eigenvalue weighted by Crippen LogP contribution is -2.15. The zero-order valence-corrected chi connectivity index (χ0v) is 10.1. The molecule has 2 rings (SSSR count). The van der Waals surface area contributed by atoms with Gasteiger partial charge in [-0.2, -0.15) is 0 Å². The molecule has 18 heavy (non-hydrogen) atoms. The van der Waals surface area contributed by atoms with Gasteiger partial charge in [-0.3, -0.25) is 0 Å². The van der Waals surface area contributed by atoms with Crippen molar-refractivity contribution in [2.75, 3.05) is 13.2 Å². The summed E-state index contributed by atoms with van der Waals surface area (Å²) < 4.78 is 5.69. The molecule has 0 spiro atoms. The topological polar surface area (TPSA) is 55.5 Å². The Labute approximate surface area is 107 Å². The maximum absolute atomic E-state index is 9.17. The molecule has 0 aliphatic heterocycles. The summed E-state index contributed by atoms with van der Waals surface area (Å²) in [6, 6.07) is 17.3. The lowest BCUT2D eigenvalue weighted by molar-refractivity contribution is 0.268. The molecule has 2 aromatic carbocycles. The van der Waals surface area contributed by atoms with Crippen LogP contribution in [0.4, 0.5) is 0 Å². The van der Waals surface area contributed by atoms with Crippen molar-refractivity contribution in [3.05, 3.63) is 60.2 Å². The predicted octanol–water partition coefficient (Wildman–Crippen LogP) is 2.51. The smallest absolute Gasteiger partial charge is 0.127 e. The second-order valence-electron chi connectivity index (χ2n) is 4.10. The van der Waals surface area contributed by atoms with Crippen LogP contribution >= 0.6 is 0 Å². The Morgan fingerprint density at radius 3 is 2.11 bits per heavy atom. The van der Waals surface area contributed by atoms with E-state index in [0.29, 0.717) is 6.54 Å². The minimum Gasteiger partial charge on any atom is -0.457 e. The van der Waals surface area contributed by atoms with E-state index in [1.165, 1.54) is 0 Å². The molecular formula is C15H17NO2. The third kappa shape index (κ3) is 3.09. The SMILES string of the molecule is NCC(CO)c1ccc(Oc2ccccc2)cc1. The molecule has 3 N–H and O–H groups in total. The standard InChI is InChI=1S/C15H17NO2/c16-10-13(11-17)12-6-8-15(9-7-12)18-14-4-2-1-3-5-14/h1-9,13,17H,10-11,16H2. The highest BCUT2D eigenvalue weighted by Crippen LogP contribution is 2.23. The summed E-state index contributed by atoms with van der Waals surface area (Å²) in [7, 11) is 0. The van der Waals surface area contributed by atoms with Crippen LogP contribution < -0.4 is 10.5 Å². The quantitative estimate of drug-likeness (QED) is 0.848. The maximum atomic E-state index is 9.17. The summed E-state index contributed by atoms with van der Waals surface area (Å²) in [5, 5.41) is 9.17. The number of aliphatic hydroxyl groups excluding tert-OH is 1. The monoisotopic (exact) mass is 243 g/mol. The zero-order chi connectivity index (χ0) is 12.8. The number of hydrogen-bond donors (Lipinski definition) is 2. The van der Waals surface area contributed by atoms with E-state index in [0.717, 1.165) is 17.1 Å². The van der Waals surface area contributed by atoms with Crippen molar-refractivity contribution in [1.82, 2.24) is 0 Å². The van der Waals surface area contributed by atoms with Crippen molar-refractivity contribution < 1.29 is 9.84 Å². The summed E-state index contributed by atoms with van der Waals surface area (Å²) in [6.07, 6.45) is 0. The first-order chi connectivity index (χ1) is 8.83. The third-order valence-electron chi connectivity index (χ3n) is 2.84. The first-order valence-electron chi connectivity index (χ1n) is 5.97. The van der Waals surface area contributed by atoms with Crippen molar-refractivity contribution in [2.24, 2.45) is 5.73 Å². The molecule has 0 saturated heterocycles. The highest BCUT2D eigenvalue weighted by atomic mass is 16.5. The lowest BCUT2D eigenvalue weighted by Gasteiger charge is -2.12. The highest BCUT2D eigenvalue weighted by Gasteiger charge is 2.08. The van der Waals surface area contributed by atoms with Crippen LogP contribution in [-0.2, 0) is 0 Å². The highest BCUT2D eigenvalue weighted by molar-refractivity contribution is 5.34. The van der Waals surface area contributed by atoms with Crippen LogP contribution in [0.1, 0.15) is 11.5 Å². The molecule has 0 heterocycles. The Balaban J connectivity index is 2.08. The number of nitrogens with two attached hydrogens (primary N) is 1. The Morgan fingerprint density at radius 1 is 0.944 bits per heavy atom. The average molecular weight is 243 g/mol. The molecule has 0 bridgehead atoms. The number of benzene rings is 2. The number of hydrogen-bond acceptors (Lipinski definition) is 3. The Morgan fingerprint density at radius 2 is 1.56 bits per heavy atom. The van der Waals surface area contributed by atoms with Crippen molar-refractivity contribution in [3.63, 3.8) is 0 Å². The molecule has 94 valence electrons. The van der Waals surface area contributed by atoms with Gasteiger partial charge in [0.15, 0.2) is 0 Å². The second kappa shape index (κ2) is 6.19. The fourth-order valence-corrected chi connectivity index (χ4v) is 1.75. The number of aliphatic hydroxyl groups is 1. The average Bonchev–Trinajstić information content (AvgIpc) is 2.43. The van der Waals surface area contributed by atoms with E-state index in [1.807, 2.05) is 54.6 Å². The Hall–Kier alpha value is -1.84. The summed E-state index contributed by atoms with van der Waals surface area (Å²) in [6.45, 7) is 0.505. The normalized spacial score (nSPS) is 12.1. The molecule has 0 amide bonds. The van der Waals surface area contributed by atoms with Crippen LogP contribution in [-0.4, -0.2) is 18.3 Å². The van der Waals surface area contributed by atoms with Crippen LogP contribution in [0.2, 0.25) is 0 Å². The summed E-state index contributed by atoms with van der Waals surface area (Å²) in [5.74, 6) is 1.58. The van der Waals surface area contributed by atoms with Crippen LogP contribution in [0, 0.1) is 0 Å². The Bertz CT molecular complexity index is 464. The molecule has 0 fully saturated rings. The van der Waals surface area contributed by atoms with E-state index < -0.39 is 0 Å². The molecular weight excluding hydrogens is 226 g/mol. The van der Waals surface area contributed by atoms with Crippen molar-refractivity contribution in [2.45, 2.75) is 5.92 Å². The van der Waals surface area contributed by atoms with Crippen molar-refractivity contribution >= 4 is 0 Å². The molecule has 2 aromatic rings. The van der Waals surface area contributed by atoms with Crippen LogP contribution in [0.15, 0.2) is 54.6 Å². The van der Waals surface area contributed by atoms with Gasteiger partial charge in [-0.15, -0.1) is 0 Å². The van der Waals surface area contributed by atoms with Gasteiger partial charge in [-0.1, -0.05) is 30.3 Å². The summed E-state index contributed by atoms with van der Waals surface area (Å²) >= 11 is 0. The Kier molecular flexibility index (Phi) is 4.34. The molecule has 1 unspecified atom stereocenters. The van der Waals surface area contributed by atoms with Crippen molar-refractivity contribution in [3.8, 4) is 11.5 Å². The van der Waals surface area contributed by atoms with Gasteiger partial charge in [-0.25, -0.2) is 0 Å². The second-order valence-corrected chi connectivity index (χ2v) is 4.10. The van der Waals surface area contributed by atoms with Crippen LogP contribution in [0.5, 0.6) is 11.5 Å². The van der Waals surface area contributed by atoms with E-state index in [4.69, 9.17) is 10.5 Å². The zero-order valence-electron chi connectivity index (χ0n) is 10.1. The van der Waals surface area contributed by atoms with E-state index in [1.54, 1.807) is 0 Å². The van der Waals surface area contributed by atoms with E-state index >= 15 is 0 Å². The number of ether oxygens (including phenoxy) is 1. The maximum Gasteiger partial charge on any atom is 0.127 e. The minimum atomic E-state index is -0.00391. The summed E-state index contributed by atoms with van der Waals surface area (Å²) in [4.78, 5) is 0. The first kappa shape index (κ1) is 12.6. The third-order valence-corrected chi connectivity index (χ3v) is 2.84.